The third-order valence-electron chi connectivity index (χ3n) is 1.48. The maximum atomic E-state index is 7.07. The Kier molecular flexibility index (Phi) is 2.21. The van der Waals surface area contributed by atoms with Gasteiger partial charge in [0.25, 0.3) is 0 Å². The van der Waals surface area contributed by atoms with Crippen LogP contribution in [0, 0.1) is 12.3 Å². The molecule has 0 fully saturated rings. The number of hydrogen-bond donors (Lipinski definition) is 2. The van der Waals surface area contributed by atoms with Gasteiger partial charge in [-0.25, -0.2) is 0 Å². The molecule has 0 radical (unpaired) electrons. The number of aromatic nitrogens is 1. The van der Waals surface area contributed by atoms with Gasteiger partial charge >= 0.3 is 0 Å². The Hall–Kier alpha value is -1.38. The number of nitrogens with two attached hydrogens (primary N) is 1. The van der Waals surface area contributed by atoms with Crippen molar-refractivity contribution in [2.75, 3.05) is 0 Å². The van der Waals surface area contributed by atoms with Crippen molar-refractivity contribution in [2.45, 2.75) is 13.3 Å². The fourth-order valence-corrected chi connectivity index (χ4v) is 0.884. The summed E-state index contributed by atoms with van der Waals surface area (Å²) < 4.78 is 0. The van der Waals surface area contributed by atoms with Gasteiger partial charge in [-0.3, -0.25) is 10.4 Å². The van der Waals surface area contributed by atoms with Gasteiger partial charge in [0.2, 0.25) is 0 Å². The molecule has 3 heteroatoms. The summed E-state index contributed by atoms with van der Waals surface area (Å²) in [5.74, 6) is 0.159. The van der Waals surface area contributed by atoms with Gasteiger partial charge in [-0.15, -0.1) is 0 Å². The summed E-state index contributed by atoms with van der Waals surface area (Å²) in [5, 5.41) is 7.07. The average Bonchev–Trinajstić information content (AvgIpc) is 1.93. The van der Waals surface area contributed by atoms with Crippen LogP contribution in [0.4, 0.5) is 0 Å². The Bertz CT molecular complexity index is 268. The second kappa shape index (κ2) is 3.14. The Morgan fingerprint density at radius 2 is 2.45 bits per heavy atom. The minimum Gasteiger partial charge on any atom is -0.387 e. The first kappa shape index (κ1) is 7.72. The monoisotopic (exact) mass is 149 g/mol. The van der Waals surface area contributed by atoms with Crippen LogP contribution in [-0.2, 0) is 6.42 Å². The van der Waals surface area contributed by atoms with Crippen LogP contribution in [0.15, 0.2) is 18.3 Å². The van der Waals surface area contributed by atoms with Gasteiger partial charge in [-0.2, -0.15) is 0 Å². The van der Waals surface area contributed by atoms with Crippen LogP contribution in [0.2, 0.25) is 0 Å². The zero-order chi connectivity index (χ0) is 8.27. The van der Waals surface area contributed by atoms with E-state index in [1.165, 1.54) is 0 Å². The number of hydrogen-bond acceptors (Lipinski definition) is 2. The number of pyridine rings is 1. The summed E-state index contributed by atoms with van der Waals surface area (Å²) in [6, 6.07) is 3.84. The number of rotatable bonds is 2. The molecule has 3 nitrogen and oxygen atoms in total. The van der Waals surface area contributed by atoms with E-state index >= 15 is 0 Å². The molecule has 0 unspecified atom stereocenters. The highest BCUT2D eigenvalue weighted by Gasteiger charge is 1.98. The molecule has 0 bridgehead atoms. The molecule has 0 aliphatic heterocycles. The van der Waals surface area contributed by atoms with Crippen molar-refractivity contribution in [1.29, 1.82) is 5.41 Å². The van der Waals surface area contributed by atoms with Gasteiger partial charge in [-0.1, -0.05) is 6.07 Å². The number of nitrogens with one attached hydrogen (secondary N) is 1. The molecule has 0 saturated carbocycles. The minimum atomic E-state index is 0.159. The molecule has 0 aliphatic carbocycles. The van der Waals surface area contributed by atoms with Crippen LogP contribution in [0.1, 0.15) is 11.3 Å². The van der Waals surface area contributed by atoms with Crippen LogP contribution in [-0.4, -0.2) is 10.8 Å². The predicted octanol–water partition coefficient (Wildman–Crippen LogP) is 0.868. The molecule has 0 saturated heterocycles. The fourth-order valence-electron chi connectivity index (χ4n) is 0.884. The SMILES string of the molecule is Cc1cccnc1CC(=N)N. The number of amidine groups is 1. The van der Waals surface area contributed by atoms with Crippen molar-refractivity contribution < 1.29 is 0 Å². The Morgan fingerprint density at radius 1 is 1.73 bits per heavy atom. The van der Waals surface area contributed by atoms with Crippen LogP contribution in [0.5, 0.6) is 0 Å². The standard InChI is InChI=1S/C8H11N3/c1-6-3-2-4-11-7(6)5-8(9)10/h2-4H,5H2,1H3,(H3,9,10). The molecule has 1 heterocycles. The van der Waals surface area contributed by atoms with E-state index in [0.717, 1.165) is 11.3 Å². The van der Waals surface area contributed by atoms with E-state index in [2.05, 4.69) is 4.98 Å². The van der Waals surface area contributed by atoms with Crippen LogP contribution in [0.3, 0.4) is 0 Å². The van der Waals surface area contributed by atoms with E-state index in [4.69, 9.17) is 11.1 Å². The van der Waals surface area contributed by atoms with Crippen molar-refractivity contribution in [3.8, 4) is 0 Å². The van der Waals surface area contributed by atoms with Crippen molar-refractivity contribution in [2.24, 2.45) is 5.73 Å². The second-order valence-electron chi connectivity index (χ2n) is 2.47. The van der Waals surface area contributed by atoms with E-state index in [9.17, 15) is 0 Å². The Labute approximate surface area is 65.8 Å². The maximum Gasteiger partial charge on any atom is 0.0966 e. The Balaban J connectivity index is 2.86. The van der Waals surface area contributed by atoms with Gasteiger partial charge in [0, 0.05) is 12.6 Å². The summed E-state index contributed by atoms with van der Waals surface area (Å²) >= 11 is 0. The van der Waals surface area contributed by atoms with Gasteiger partial charge in [0.05, 0.1) is 11.5 Å². The lowest BCUT2D eigenvalue weighted by Gasteiger charge is -2.00. The van der Waals surface area contributed by atoms with Gasteiger partial charge in [0.15, 0.2) is 0 Å². The lowest BCUT2D eigenvalue weighted by atomic mass is 10.1. The molecule has 11 heavy (non-hydrogen) atoms. The molecule has 0 amide bonds. The first-order chi connectivity index (χ1) is 5.20. The van der Waals surface area contributed by atoms with Gasteiger partial charge in [0.1, 0.15) is 0 Å². The smallest absolute Gasteiger partial charge is 0.0966 e. The predicted molar refractivity (Wildman–Crippen MR) is 44.6 cm³/mol. The van der Waals surface area contributed by atoms with Gasteiger partial charge < -0.3 is 5.73 Å². The summed E-state index contributed by atoms with van der Waals surface area (Å²) in [5.41, 5.74) is 7.21. The normalized spacial score (nSPS) is 9.55. The molecular formula is C8H11N3. The molecule has 3 N–H and O–H groups in total. The quantitative estimate of drug-likeness (QED) is 0.484. The van der Waals surface area contributed by atoms with E-state index in [1.54, 1.807) is 6.20 Å². The molecule has 1 aromatic heterocycles. The fraction of sp³-hybridized carbons (Fsp3) is 0.250. The minimum absolute atomic E-state index is 0.159. The van der Waals surface area contributed by atoms with E-state index in [1.807, 2.05) is 19.1 Å². The lowest BCUT2D eigenvalue weighted by Crippen LogP contribution is -2.14. The lowest BCUT2D eigenvalue weighted by molar-refractivity contribution is 1.08. The molecule has 0 aromatic carbocycles. The summed E-state index contributed by atoms with van der Waals surface area (Å²) in [4.78, 5) is 4.10. The van der Waals surface area contributed by atoms with E-state index in [-0.39, 0.29) is 5.84 Å². The highest BCUT2D eigenvalue weighted by molar-refractivity contribution is 5.79. The molecule has 1 aromatic rings. The molecule has 58 valence electrons. The molecular weight excluding hydrogens is 138 g/mol. The highest BCUT2D eigenvalue weighted by Crippen LogP contribution is 2.02. The summed E-state index contributed by atoms with van der Waals surface area (Å²) in [6.07, 6.45) is 2.16. The second-order valence-corrected chi connectivity index (χ2v) is 2.47. The van der Waals surface area contributed by atoms with Crippen molar-refractivity contribution >= 4 is 5.84 Å². The molecule has 0 spiro atoms. The number of aryl methyl sites for hydroxylation is 1. The first-order valence-corrected chi connectivity index (χ1v) is 3.43. The summed E-state index contributed by atoms with van der Waals surface area (Å²) in [7, 11) is 0. The number of nitrogens with zero attached hydrogens (tertiary/aromatic N) is 1. The molecule has 1 rings (SSSR count). The first-order valence-electron chi connectivity index (χ1n) is 3.43. The summed E-state index contributed by atoms with van der Waals surface area (Å²) in [6.45, 7) is 1.96. The van der Waals surface area contributed by atoms with Crippen LogP contribution in [0.25, 0.3) is 0 Å². The average molecular weight is 149 g/mol. The van der Waals surface area contributed by atoms with Crippen molar-refractivity contribution in [1.82, 2.24) is 4.98 Å². The largest absolute Gasteiger partial charge is 0.387 e. The van der Waals surface area contributed by atoms with Crippen molar-refractivity contribution in [3.63, 3.8) is 0 Å². The topological polar surface area (TPSA) is 62.8 Å². The van der Waals surface area contributed by atoms with Crippen LogP contribution >= 0.6 is 0 Å². The van der Waals surface area contributed by atoms with Crippen LogP contribution < -0.4 is 5.73 Å². The zero-order valence-electron chi connectivity index (χ0n) is 6.46. The third kappa shape index (κ3) is 2.04. The zero-order valence-corrected chi connectivity index (χ0v) is 6.46. The van der Waals surface area contributed by atoms with E-state index in [0.29, 0.717) is 6.42 Å². The highest BCUT2D eigenvalue weighted by atomic mass is 14.7. The molecule has 0 atom stereocenters. The van der Waals surface area contributed by atoms with Crippen molar-refractivity contribution in [3.05, 3.63) is 29.6 Å². The third-order valence-corrected chi connectivity index (χ3v) is 1.48. The molecule has 0 aliphatic rings. The maximum absolute atomic E-state index is 7.07. The van der Waals surface area contributed by atoms with E-state index < -0.39 is 0 Å². The van der Waals surface area contributed by atoms with Gasteiger partial charge in [-0.05, 0) is 18.6 Å². The Morgan fingerprint density at radius 3 is 3.00 bits per heavy atom.